The van der Waals surface area contributed by atoms with E-state index in [1.807, 2.05) is 59.3 Å². The first-order chi connectivity index (χ1) is 23.9. The Kier molecular flexibility index (Phi) is 19.3. The Bertz CT molecular complexity index is 1550. The molecule has 8 nitrogen and oxygen atoms in total. The van der Waals surface area contributed by atoms with Crippen LogP contribution in [0.2, 0.25) is 0 Å². The third-order valence-corrected chi connectivity index (χ3v) is 8.23. The molecule has 0 saturated heterocycles. The van der Waals surface area contributed by atoms with Crippen molar-refractivity contribution >= 4 is 29.5 Å². The highest BCUT2D eigenvalue weighted by atomic mass is 19.3. The topological polar surface area (TPSA) is 86.8 Å². The van der Waals surface area contributed by atoms with Crippen LogP contribution in [0.15, 0.2) is 55.2 Å². The van der Waals surface area contributed by atoms with Crippen LogP contribution in [0.1, 0.15) is 86.4 Å². The molecule has 1 aliphatic rings. The molecule has 0 radical (unpaired) electrons. The minimum atomic E-state index is -2.93. The number of aromatic nitrogens is 1. The van der Waals surface area contributed by atoms with Crippen LogP contribution in [0.25, 0.3) is 5.70 Å². The summed E-state index contributed by atoms with van der Waals surface area (Å²) < 4.78 is 33.6. The number of carbonyl (C=O) groups is 2. The zero-order chi connectivity index (χ0) is 38.9. The van der Waals surface area contributed by atoms with Gasteiger partial charge in [-0.25, -0.2) is 18.6 Å². The number of carbonyl (C=O) groups excluding carboxylic acids is 2. The summed E-state index contributed by atoms with van der Waals surface area (Å²) in [6.45, 7) is 20.2. The molecule has 0 fully saturated rings. The zero-order valence-corrected chi connectivity index (χ0v) is 32.9. The van der Waals surface area contributed by atoms with Crippen molar-refractivity contribution in [1.29, 1.82) is 0 Å². The maximum absolute atomic E-state index is 14.4. The molecule has 0 bridgehead atoms. The number of likely N-dealkylation sites (N-methyl/N-ethyl adjacent to an activating group) is 2. The summed E-state index contributed by atoms with van der Waals surface area (Å²) in [4.78, 5) is 28.6. The lowest BCUT2D eigenvalue weighted by Gasteiger charge is -2.27. The first-order valence-corrected chi connectivity index (χ1v) is 17.5. The number of halogens is 2. The van der Waals surface area contributed by atoms with Gasteiger partial charge in [0, 0.05) is 49.2 Å². The van der Waals surface area contributed by atoms with Gasteiger partial charge >= 0.3 is 5.97 Å². The second-order valence-electron chi connectivity index (χ2n) is 13.4. The number of aryl methyl sites for hydroxylation is 4. The van der Waals surface area contributed by atoms with Crippen LogP contribution in [0.3, 0.4) is 0 Å². The van der Waals surface area contributed by atoms with Crippen LogP contribution in [0.4, 0.5) is 20.3 Å². The molecule has 0 spiro atoms. The van der Waals surface area contributed by atoms with Crippen LogP contribution >= 0.6 is 0 Å². The van der Waals surface area contributed by atoms with Crippen molar-refractivity contribution in [2.45, 2.75) is 99.2 Å². The van der Waals surface area contributed by atoms with Crippen LogP contribution in [0.5, 0.6) is 0 Å². The van der Waals surface area contributed by atoms with Crippen molar-refractivity contribution in [1.82, 2.24) is 14.8 Å². The highest BCUT2D eigenvalue weighted by Crippen LogP contribution is 2.33. The largest absolute Gasteiger partial charge is 0.467 e. The third kappa shape index (κ3) is 15.3. The van der Waals surface area contributed by atoms with Gasteiger partial charge in [-0.15, -0.1) is 0 Å². The molecule has 1 aromatic heterocycles. The maximum atomic E-state index is 14.4. The SMILES string of the molecule is C=C(Nc1ccc(C)c(C)c1)c1ccc(CN(C)CC(C)N(C)C)c(C(C)(F)F)c1.CC=O.CCC.COC(=O)C1CCc2cc(C)cnc2N1. The molecule has 0 aliphatic carbocycles. The van der Waals surface area contributed by atoms with E-state index in [9.17, 15) is 13.6 Å². The Morgan fingerprint density at radius 3 is 2.29 bits per heavy atom. The van der Waals surface area contributed by atoms with Crippen molar-refractivity contribution in [3.8, 4) is 0 Å². The summed E-state index contributed by atoms with van der Waals surface area (Å²) in [6, 6.07) is 13.4. The van der Waals surface area contributed by atoms with Crippen molar-refractivity contribution in [2.75, 3.05) is 45.4 Å². The second kappa shape index (κ2) is 21.9. The number of rotatable bonds is 10. The molecule has 10 heteroatoms. The molecule has 0 saturated carbocycles. The second-order valence-corrected chi connectivity index (χ2v) is 13.4. The van der Waals surface area contributed by atoms with E-state index >= 15 is 0 Å². The van der Waals surface area contributed by atoms with E-state index in [2.05, 4.69) is 65.8 Å². The number of ether oxygens (including phenoxy) is 1. The van der Waals surface area contributed by atoms with Crippen LogP contribution in [0, 0.1) is 20.8 Å². The first-order valence-electron chi connectivity index (χ1n) is 17.5. The number of pyridine rings is 1. The predicted octanol–water partition coefficient (Wildman–Crippen LogP) is 8.79. The molecular formula is C41H61F2N5O3. The number of anilines is 2. The average molecular weight is 710 g/mol. The molecule has 282 valence electrons. The van der Waals surface area contributed by atoms with Gasteiger partial charge in [0.2, 0.25) is 0 Å². The van der Waals surface area contributed by atoms with Crippen molar-refractivity contribution in [3.63, 3.8) is 0 Å². The van der Waals surface area contributed by atoms with Crippen molar-refractivity contribution in [2.24, 2.45) is 0 Å². The number of hydrogen-bond donors (Lipinski definition) is 2. The molecular weight excluding hydrogens is 648 g/mol. The summed E-state index contributed by atoms with van der Waals surface area (Å²) in [5.41, 5.74) is 7.54. The number of nitrogens with one attached hydrogen (secondary N) is 2. The van der Waals surface area contributed by atoms with Crippen molar-refractivity contribution < 1.29 is 23.1 Å². The lowest BCUT2D eigenvalue weighted by Crippen LogP contribution is -2.36. The molecule has 51 heavy (non-hydrogen) atoms. The standard InChI is InChI=1S/C25H35F2N3.C11H14N2O2.C3H8.C2H4O/c1-17-9-12-23(13-18(17)2)28-20(4)21-10-11-22(24(14-21)25(5,26)27)16-30(8)15-19(3)29(6)7;1-7-5-8-3-4-9(11(14)15-2)13-10(8)12-6-7;1-3-2;1-2-3/h9-14,19,28H,4,15-16H2,1-3,5-8H3;5-6,9H,3-4H2,1-2H3,(H,12,13);3H2,1-2H3;2H,1H3. The molecule has 1 aliphatic heterocycles. The fourth-order valence-electron chi connectivity index (χ4n) is 5.15. The van der Waals surface area contributed by atoms with E-state index in [-0.39, 0.29) is 17.6 Å². The van der Waals surface area contributed by atoms with Crippen LogP contribution in [-0.2, 0) is 33.2 Å². The number of hydrogen-bond acceptors (Lipinski definition) is 8. The number of esters is 1. The smallest absolute Gasteiger partial charge is 0.328 e. The van der Waals surface area contributed by atoms with E-state index in [1.165, 1.54) is 37.1 Å². The van der Waals surface area contributed by atoms with Gasteiger partial charge in [-0.05, 0) is 120 Å². The summed E-state index contributed by atoms with van der Waals surface area (Å²) in [5.74, 6) is -2.34. The van der Waals surface area contributed by atoms with E-state index in [1.54, 1.807) is 18.3 Å². The van der Waals surface area contributed by atoms with Gasteiger partial charge in [-0.1, -0.05) is 51.1 Å². The van der Waals surface area contributed by atoms with E-state index in [0.717, 1.165) is 49.7 Å². The minimum absolute atomic E-state index is 0.0485. The normalized spacial score (nSPS) is 13.8. The third-order valence-electron chi connectivity index (χ3n) is 8.23. The number of methoxy groups -OCH3 is 1. The quantitative estimate of drug-likeness (QED) is 0.160. The van der Waals surface area contributed by atoms with Crippen molar-refractivity contribution in [3.05, 3.63) is 94.2 Å². The lowest BCUT2D eigenvalue weighted by atomic mass is 9.97. The van der Waals surface area contributed by atoms with E-state index in [4.69, 9.17) is 9.53 Å². The highest BCUT2D eigenvalue weighted by Gasteiger charge is 2.29. The lowest BCUT2D eigenvalue weighted by molar-refractivity contribution is -0.141. The number of fused-ring (bicyclic) bond motifs is 1. The van der Waals surface area contributed by atoms with Crippen LogP contribution in [-0.4, -0.2) is 73.9 Å². The summed E-state index contributed by atoms with van der Waals surface area (Å²) in [6.07, 6.45) is 5.44. The maximum Gasteiger partial charge on any atom is 0.328 e. The van der Waals surface area contributed by atoms with Crippen LogP contribution < -0.4 is 10.6 Å². The Labute approximate surface area is 305 Å². The molecule has 2 N–H and O–H groups in total. The fraction of sp³-hybridized carbons (Fsp3) is 0.488. The van der Waals surface area contributed by atoms with Gasteiger partial charge in [-0.2, -0.15) is 0 Å². The molecule has 4 rings (SSSR count). The number of aldehydes is 1. The van der Waals surface area contributed by atoms with E-state index < -0.39 is 5.92 Å². The molecule has 2 atom stereocenters. The number of alkyl halides is 2. The minimum Gasteiger partial charge on any atom is -0.467 e. The number of nitrogens with zero attached hydrogens (tertiary/aromatic N) is 3. The number of benzene rings is 2. The van der Waals surface area contributed by atoms with Gasteiger partial charge in [0.25, 0.3) is 5.92 Å². The fourth-order valence-corrected chi connectivity index (χ4v) is 5.15. The van der Waals surface area contributed by atoms with Gasteiger partial charge in [0.15, 0.2) is 0 Å². The van der Waals surface area contributed by atoms with Gasteiger partial charge < -0.3 is 30.0 Å². The first kappa shape index (κ1) is 44.9. The monoisotopic (exact) mass is 709 g/mol. The van der Waals surface area contributed by atoms with E-state index in [0.29, 0.717) is 29.4 Å². The zero-order valence-electron chi connectivity index (χ0n) is 32.9. The van der Waals surface area contributed by atoms with Gasteiger partial charge in [-0.3, -0.25) is 0 Å². The highest BCUT2D eigenvalue weighted by molar-refractivity contribution is 5.80. The summed E-state index contributed by atoms with van der Waals surface area (Å²) in [7, 11) is 7.41. The average Bonchev–Trinajstić information content (AvgIpc) is 3.06. The Hall–Kier alpha value is -4.15. The van der Waals surface area contributed by atoms with Gasteiger partial charge in [0.1, 0.15) is 18.1 Å². The molecule has 2 heterocycles. The van der Waals surface area contributed by atoms with Gasteiger partial charge in [0.05, 0.1) is 7.11 Å². The Balaban J connectivity index is 0.000000511. The molecule has 0 amide bonds. The summed E-state index contributed by atoms with van der Waals surface area (Å²) >= 11 is 0. The molecule has 2 unspecified atom stereocenters. The Morgan fingerprint density at radius 2 is 1.75 bits per heavy atom. The summed E-state index contributed by atoms with van der Waals surface area (Å²) in [5, 5.41) is 6.34. The molecule has 3 aromatic rings. The molecule has 2 aromatic carbocycles. The predicted molar refractivity (Wildman–Crippen MR) is 208 cm³/mol. The Morgan fingerprint density at radius 1 is 1.12 bits per heavy atom.